The van der Waals surface area contributed by atoms with Gasteiger partial charge in [-0.25, -0.2) is 0 Å². The van der Waals surface area contributed by atoms with Crippen LogP contribution in [0.15, 0.2) is 54.6 Å². The Morgan fingerprint density at radius 2 is 1.50 bits per heavy atom. The Balaban J connectivity index is 1.94. The van der Waals surface area contributed by atoms with Crippen LogP contribution in [0.3, 0.4) is 0 Å². The molecule has 2 aromatic carbocycles. The van der Waals surface area contributed by atoms with E-state index in [1.54, 1.807) is 0 Å². The van der Waals surface area contributed by atoms with Crippen molar-refractivity contribution >= 4 is 0 Å². The number of ether oxygens (including phenoxy) is 2. The lowest BCUT2D eigenvalue weighted by molar-refractivity contribution is -0.119. The van der Waals surface area contributed by atoms with E-state index in [2.05, 4.69) is 69.4 Å². The van der Waals surface area contributed by atoms with Crippen LogP contribution in [0.5, 0.6) is 5.75 Å². The molecule has 0 aromatic heterocycles. The van der Waals surface area contributed by atoms with E-state index in [-0.39, 0.29) is 18.1 Å². The quantitative estimate of drug-likeness (QED) is 0.603. The first-order valence-corrected chi connectivity index (χ1v) is 9.51. The molecule has 0 heterocycles. The topological polar surface area (TPSA) is 30.5 Å². The second kappa shape index (κ2) is 9.20. The molecule has 0 amide bonds. The molecule has 2 aromatic rings. The summed E-state index contributed by atoms with van der Waals surface area (Å²) < 4.78 is 12.1. The number of hydrogen-bond acceptors (Lipinski definition) is 3. The maximum absolute atomic E-state index is 6.08. The smallest absolute Gasteiger partial charge is 0.198 e. The summed E-state index contributed by atoms with van der Waals surface area (Å²) >= 11 is 0. The van der Waals surface area contributed by atoms with Crippen LogP contribution in [0, 0.1) is 5.92 Å². The summed E-state index contributed by atoms with van der Waals surface area (Å²) in [7, 11) is 0. The van der Waals surface area contributed by atoms with Crippen molar-refractivity contribution < 1.29 is 9.47 Å². The van der Waals surface area contributed by atoms with Crippen LogP contribution in [-0.4, -0.2) is 12.5 Å². The second-order valence-electron chi connectivity index (χ2n) is 7.80. The molecule has 0 saturated heterocycles. The molecule has 0 bridgehead atoms. The fraction of sp³-hybridized carbons (Fsp3) is 0.478. The van der Waals surface area contributed by atoms with E-state index >= 15 is 0 Å². The zero-order chi connectivity index (χ0) is 19.2. The van der Waals surface area contributed by atoms with Gasteiger partial charge < -0.3 is 9.47 Å². The average molecular weight is 356 g/mol. The SMILES string of the molecule is CC(C)Cc1ccccc1OC(C)OC(C)NC(C)(C)c1ccccc1. The van der Waals surface area contributed by atoms with Gasteiger partial charge in [0.2, 0.25) is 0 Å². The third-order valence-electron chi connectivity index (χ3n) is 4.35. The lowest BCUT2D eigenvalue weighted by Crippen LogP contribution is -2.45. The van der Waals surface area contributed by atoms with E-state index in [0.717, 1.165) is 12.2 Å². The lowest BCUT2D eigenvalue weighted by atomic mass is 9.94. The minimum Gasteiger partial charge on any atom is -0.465 e. The molecule has 0 aliphatic rings. The highest BCUT2D eigenvalue weighted by molar-refractivity contribution is 5.33. The van der Waals surface area contributed by atoms with Crippen molar-refractivity contribution in [1.82, 2.24) is 5.32 Å². The van der Waals surface area contributed by atoms with Gasteiger partial charge in [0.05, 0.1) is 0 Å². The molecule has 26 heavy (non-hydrogen) atoms. The third kappa shape index (κ3) is 6.15. The van der Waals surface area contributed by atoms with Gasteiger partial charge in [-0.1, -0.05) is 62.4 Å². The zero-order valence-electron chi connectivity index (χ0n) is 17.0. The maximum Gasteiger partial charge on any atom is 0.198 e. The zero-order valence-corrected chi connectivity index (χ0v) is 17.0. The molecular formula is C23H33NO2. The highest BCUT2D eigenvalue weighted by Gasteiger charge is 2.23. The largest absolute Gasteiger partial charge is 0.465 e. The van der Waals surface area contributed by atoms with E-state index in [0.29, 0.717) is 5.92 Å². The first kappa shape index (κ1) is 20.5. The van der Waals surface area contributed by atoms with Crippen molar-refractivity contribution in [2.75, 3.05) is 0 Å². The first-order chi connectivity index (χ1) is 12.3. The van der Waals surface area contributed by atoms with Crippen molar-refractivity contribution in [3.05, 3.63) is 65.7 Å². The molecule has 0 fully saturated rings. The van der Waals surface area contributed by atoms with Crippen LogP contribution < -0.4 is 10.1 Å². The van der Waals surface area contributed by atoms with Gasteiger partial charge >= 0.3 is 0 Å². The van der Waals surface area contributed by atoms with E-state index in [1.165, 1.54) is 11.1 Å². The molecule has 2 rings (SSSR count). The molecule has 1 N–H and O–H groups in total. The van der Waals surface area contributed by atoms with Gasteiger partial charge in [-0.05, 0) is 57.2 Å². The molecule has 0 aliphatic carbocycles. The average Bonchev–Trinajstić information content (AvgIpc) is 2.56. The molecule has 2 unspecified atom stereocenters. The van der Waals surface area contributed by atoms with Gasteiger partial charge in [-0.2, -0.15) is 0 Å². The van der Waals surface area contributed by atoms with Crippen molar-refractivity contribution in [1.29, 1.82) is 0 Å². The number of rotatable bonds is 9. The Morgan fingerprint density at radius 3 is 2.15 bits per heavy atom. The molecule has 0 saturated carbocycles. The summed E-state index contributed by atoms with van der Waals surface area (Å²) in [5, 5.41) is 3.53. The summed E-state index contributed by atoms with van der Waals surface area (Å²) in [5.74, 6) is 1.49. The lowest BCUT2D eigenvalue weighted by Gasteiger charge is -2.32. The molecule has 0 aliphatic heterocycles. The third-order valence-corrected chi connectivity index (χ3v) is 4.35. The van der Waals surface area contributed by atoms with Gasteiger partial charge in [0.25, 0.3) is 0 Å². The molecule has 2 atom stereocenters. The van der Waals surface area contributed by atoms with Crippen LogP contribution in [-0.2, 0) is 16.7 Å². The van der Waals surface area contributed by atoms with Crippen molar-refractivity contribution in [3.8, 4) is 5.75 Å². The van der Waals surface area contributed by atoms with Gasteiger partial charge in [0.15, 0.2) is 6.29 Å². The standard InChI is InChI=1S/C23H33NO2/c1-17(2)16-20-12-10-11-15-22(20)26-19(4)25-18(3)24-23(5,6)21-13-8-7-9-14-21/h7-15,17-19,24H,16H2,1-6H3. The monoisotopic (exact) mass is 355 g/mol. The van der Waals surface area contributed by atoms with E-state index < -0.39 is 0 Å². The second-order valence-corrected chi connectivity index (χ2v) is 7.80. The minimum atomic E-state index is -0.336. The van der Waals surface area contributed by atoms with Crippen molar-refractivity contribution in [2.24, 2.45) is 5.92 Å². The van der Waals surface area contributed by atoms with Crippen molar-refractivity contribution in [2.45, 2.75) is 66.0 Å². The number of hydrogen-bond donors (Lipinski definition) is 1. The highest BCUT2D eigenvalue weighted by Crippen LogP contribution is 2.24. The minimum absolute atomic E-state index is 0.141. The van der Waals surface area contributed by atoms with Crippen molar-refractivity contribution in [3.63, 3.8) is 0 Å². The van der Waals surface area contributed by atoms with Gasteiger partial charge in [0.1, 0.15) is 12.0 Å². The normalized spacial score (nSPS) is 14.3. The summed E-state index contributed by atoms with van der Waals surface area (Å²) in [6, 6.07) is 18.6. The van der Waals surface area contributed by atoms with E-state index in [4.69, 9.17) is 9.47 Å². The predicted molar refractivity (Wildman–Crippen MR) is 108 cm³/mol. The Hall–Kier alpha value is -1.84. The summed E-state index contributed by atoms with van der Waals surface area (Å²) in [6.45, 7) is 12.7. The first-order valence-electron chi connectivity index (χ1n) is 9.51. The van der Waals surface area contributed by atoms with Gasteiger partial charge in [0, 0.05) is 5.54 Å². The molecule has 3 nitrogen and oxygen atoms in total. The Morgan fingerprint density at radius 1 is 0.885 bits per heavy atom. The number of nitrogens with one attached hydrogen (secondary N) is 1. The molecule has 142 valence electrons. The van der Waals surface area contributed by atoms with Crippen LogP contribution in [0.2, 0.25) is 0 Å². The maximum atomic E-state index is 6.08. The van der Waals surface area contributed by atoms with E-state index in [1.807, 2.05) is 32.0 Å². The fourth-order valence-electron chi connectivity index (χ4n) is 3.20. The summed E-state index contributed by atoms with van der Waals surface area (Å²) in [6.07, 6.45) is 0.521. The summed E-state index contributed by atoms with van der Waals surface area (Å²) in [5.41, 5.74) is 2.27. The summed E-state index contributed by atoms with van der Waals surface area (Å²) in [4.78, 5) is 0. The molecular weight excluding hydrogens is 322 g/mol. The number of benzene rings is 2. The molecule has 0 radical (unpaired) electrons. The van der Waals surface area contributed by atoms with Gasteiger partial charge in [-0.3, -0.25) is 5.32 Å². The van der Waals surface area contributed by atoms with Crippen LogP contribution >= 0.6 is 0 Å². The number of para-hydroxylation sites is 1. The highest BCUT2D eigenvalue weighted by atomic mass is 16.7. The Bertz CT molecular complexity index is 667. The fourth-order valence-corrected chi connectivity index (χ4v) is 3.20. The van der Waals surface area contributed by atoms with Crippen LogP contribution in [0.1, 0.15) is 52.7 Å². The van der Waals surface area contributed by atoms with E-state index in [9.17, 15) is 0 Å². The van der Waals surface area contributed by atoms with Gasteiger partial charge in [-0.15, -0.1) is 0 Å². The Kier molecular flexibility index (Phi) is 7.24. The van der Waals surface area contributed by atoms with Crippen LogP contribution in [0.4, 0.5) is 0 Å². The van der Waals surface area contributed by atoms with Crippen LogP contribution in [0.25, 0.3) is 0 Å². The predicted octanol–water partition coefficient (Wildman–Crippen LogP) is 5.50. The Labute approximate surface area is 158 Å². The molecule has 3 heteroatoms. The molecule has 0 spiro atoms.